The Labute approximate surface area is 181 Å². The summed E-state index contributed by atoms with van der Waals surface area (Å²) in [6, 6.07) is 13.7. The molecule has 0 amide bonds. The van der Waals surface area contributed by atoms with Gasteiger partial charge in [-0.05, 0) is 48.9 Å². The Morgan fingerprint density at radius 3 is 2.74 bits per heavy atom. The fourth-order valence-electron chi connectivity index (χ4n) is 4.81. The van der Waals surface area contributed by atoms with E-state index in [9.17, 15) is 0 Å². The molecule has 0 spiro atoms. The van der Waals surface area contributed by atoms with Crippen molar-refractivity contribution in [3.63, 3.8) is 0 Å². The predicted octanol–water partition coefficient (Wildman–Crippen LogP) is 4.08. The average Bonchev–Trinajstić information content (AvgIpc) is 3.21. The number of epoxide rings is 1. The van der Waals surface area contributed by atoms with E-state index in [4.69, 9.17) is 4.74 Å². The fourth-order valence-corrected chi connectivity index (χ4v) is 4.81. The molecule has 1 aliphatic heterocycles. The van der Waals surface area contributed by atoms with Crippen LogP contribution in [-0.2, 0) is 4.74 Å². The topological polar surface area (TPSA) is 72.6 Å². The van der Waals surface area contributed by atoms with Crippen molar-refractivity contribution in [2.45, 2.75) is 57.0 Å². The van der Waals surface area contributed by atoms with Crippen LogP contribution in [0.1, 0.15) is 38.6 Å². The first-order chi connectivity index (χ1) is 15.3. The van der Waals surface area contributed by atoms with Gasteiger partial charge < -0.3 is 9.14 Å². The lowest BCUT2D eigenvalue weighted by atomic mass is 10.0. The molecule has 4 aromatic rings. The second kappa shape index (κ2) is 7.59. The van der Waals surface area contributed by atoms with Gasteiger partial charge in [-0.2, -0.15) is 0 Å². The highest BCUT2D eigenvalue weighted by Crippen LogP contribution is 2.35. The first-order valence-corrected chi connectivity index (χ1v) is 11.1. The Bertz CT molecular complexity index is 1200. The van der Waals surface area contributed by atoms with Gasteiger partial charge in [-0.1, -0.05) is 36.4 Å². The predicted molar refractivity (Wildman–Crippen MR) is 118 cm³/mol. The van der Waals surface area contributed by atoms with Gasteiger partial charge in [-0.15, -0.1) is 5.10 Å². The van der Waals surface area contributed by atoms with Crippen molar-refractivity contribution in [3.05, 3.63) is 61.2 Å². The molecule has 2 fully saturated rings. The number of benzene rings is 1. The molecular weight excluding hydrogens is 388 g/mol. The maximum Gasteiger partial charge on any atom is 0.136 e. The van der Waals surface area contributed by atoms with E-state index >= 15 is 0 Å². The Morgan fingerprint density at radius 1 is 1.06 bits per heavy atom. The summed E-state index contributed by atoms with van der Waals surface area (Å²) < 4.78 is 9.82. The van der Waals surface area contributed by atoms with Gasteiger partial charge in [-0.25, -0.2) is 9.67 Å². The van der Waals surface area contributed by atoms with Crippen LogP contribution in [-0.4, -0.2) is 42.8 Å². The normalized spacial score (nSPS) is 25.3. The first kappa shape index (κ1) is 18.7. The molecule has 0 bridgehead atoms. The van der Waals surface area contributed by atoms with Crippen molar-refractivity contribution >= 4 is 5.65 Å². The largest absolute Gasteiger partial charge is 0.353 e. The van der Waals surface area contributed by atoms with Gasteiger partial charge in [0.1, 0.15) is 11.9 Å². The summed E-state index contributed by atoms with van der Waals surface area (Å²) >= 11 is 0. The zero-order valence-corrected chi connectivity index (χ0v) is 17.6. The van der Waals surface area contributed by atoms with E-state index < -0.39 is 0 Å². The van der Waals surface area contributed by atoms with Crippen molar-refractivity contribution < 1.29 is 4.74 Å². The molecule has 1 saturated carbocycles. The third kappa shape index (κ3) is 3.54. The smallest absolute Gasteiger partial charge is 0.136 e. The average molecular weight is 415 g/mol. The molecule has 158 valence electrons. The summed E-state index contributed by atoms with van der Waals surface area (Å²) in [5, 5.41) is 12.3. The molecule has 1 aliphatic carbocycles. The third-order valence-electron chi connectivity index (χ3n) is 6.61. The molecule has 31 heavy (non-hydrogen) atoms. The number of pyridine rings is 1. The molecule has 1 aromatic carbocycles. The SMILES string of the molecule is CCC1OC1N[C@H]1CC[C@@H](n2nncc2-c2ccc(-c3ccc4nccn4c3)cc2)C1. The van der Waals surface area contributed by atoms with Gasteiger partial charge in [0.25, 0.3) is 0 Å². The lowest BCUT2D eigenvalue weighted by Gasteiger charge is -2.15. The van der Waals surface area contributed by atoms with Crippen LogP contribution in [0.4, 0.5) is 0 Å². The minimum Gasteiger partial charge on any atom is -0.353 e. The van der Waals surface area contributed by atoms with Gasteiger partial charge in [0.15, 0.2) is 0 Å². The lowest BCUT2D eigenvalue weighted by molar-refractivity contribution is 0.320. The number of aromatic nitrogens is 5. The minimum atomic E-state index is 0.248. The highest BCUT2D eigenvalue weighted by molar-refractivity contribution is 5.69. The number of imidazole rings is 1. The van der Waals surface area contributed by atoms with Crippen molar-refractivity contribution in [2.75, 3.05) is 0 Å². The van der Waals surface area contributed by atoms with E-state index in [0.29, 0.717) is 18.2 Å². The van der Waals surface area contributed by atoms with E-state index in [-0.39, 0.29) is 6.23 Å². The number of rotatable bonds is 6. The molecular formula is C24H26N6O. The van der Waals surface area contributed by atoms with Gasteiger partial charge in [0.05, 0.1) is 24.0 Å². The molecule has 7 nitrogen and oxygen atoms in total. The summed E-state index contributed by atoms with van der Waals surface area (Å²) in [5.74, 6) is 0. The molecule has 3 aromatic heterocycles. The maximum absolute atomic E-state index is 5.66. The van der Waals surface area contributed by atoms with Crippen LogP contribution in [0.5, 0.6) is 0 Å². The van der Waals surface area contributed by atoms with Crippen LogP contribution in [0.15, 0.2) is 61.2 Å². The van der Waals surface area contributed by atoms with Crippen molar-refractivity contribution in [2.24, 2.45) is 0 Å². The van der Waals surface area contributed by atoms with Crippen LogP contribution in [0, 0.1) is 0 Å². The molecule has 1 saturated heterocycles. The Morgan fingerprint density at radius 2 is 1.90 bits per heavy atom. The Hall–Kier alpha value is -3.03. The number of nitrogens with one attached hydrogen (secondary N) is 1. The van der Waals surface area contributed by atoms with Gasteiger partial charge in [0, 0.05) is 30.2 Å². The van der Waals surface area contributed by atoms with Gasteiger partial charge >= 0.3 is 0 Å². The molecule has 4 heterocycles. The van der Waals surface area contributed by atoms with E-state index in [1.807, 2.05) is 29.1 Å². The highest BCUT2D eigenvalue weighted by Gasteiger charge is 2.40. The van der Waals surface area contributed by atoms with E-state index in [0.717, 1.165) is 42.6 Å². The zero-order chi connectivity index (χ0) is 20.8. The standard InChI is InChI=1S/C24H26N6O/c1-2-22-24(31-22)27-19-8-9-20(13-19)30-21(14-26-28-30)17-5-3-16(4-6-17)18-7-10-23-25-11-12-29(23)15-18/h3-7,10-12,14-15,19-20,22,24,27H,2,8-9,13H2,1H3/t19-,20+,22?,24?/m0/s1. The molecule has 6 rings (SSSR count). The number of nitrogens with zero attached hydrogens (tertiary/aromatic N) is 5. The van der Waals surface area contributed by atoms with Gasteiger partial charge in [-0.3, -0.25) is 5.32 Å². The summed E-state index contributed by atoms with van der Waals surface area (Å²) in [7, 11) is 0. The maximum atomic E-state index is 5.66. The second-order valence-electron chi connectivity index (χ2n) is 8.59. The number of hydrogen-bond donors (Lipinski definition) is 1. The lowest BCUT2D eigenvalue weighted by Crippen LogP contribution is -2.30. The minimum absolute atomic E-state index is 0.248. The van der Waals surface area contributed by atoms with Crippen molar-refractivity contribution in [3.8, 4) is 22.4 Å². The van der Waals surface area contributed by atoms with Crippen LogP contribution >= 0.6 is 0 Å². The van der Waals surface area contributed by atoms with Crippen LogP contribution in [0.25, 0.3) is 28.0 Å². The molecule has 2 aliphatic rings. The number of ether oxygens (including phenoxy) is 1. The molecule has 4 atom stereocenters. The summed E-state index contributed by atoms with van der Waals surface area (Å²) in [6.45, 7) is 2.17. The fraction of sp³-hybridized carbons (Fsp3) is 0.375. The summed E-state index contributed by atoms with van der Waals surface area (Å²) in [4.78, 5) is 4.32. The molecule has 1 N–H and O–H groups in total. The summed E-state index contributed by atoms with van der Waals surface area (Å²) in [6.07, 6.45) is 12.8. The van der Waals surface area contributed by atoms with Gasteiger partial charge in [0.2, 0.25) is 0 Å². The van der Waals surface area contributed by atoms with Crippen LogP contribution < -0.4 is 5.32 Å². The monoisotopic (exact) mass is 414 g/mol. The molecule has 7 heteroatoms. The zero-order valence-electron chi connectivity index (χ0n) is 17.6. The van der Waals surface area contributed by atoms with Crippen molar-refractivity contribution in [1.29, 1.82) is 0 Å². The van der Waals surface area contributed by atoms with E-state index in [1.54, 1.807) is 0 Å². The van der Waals surface area contributed by atoms with E-state index in [1.165, 1.54) is 11.1 Å². The van der Waals surface area contributed by atoms with E-state index in [2.05, 4.69) is 68.7 Å². The third-order valence-corrected chi connectivity index (χ3v) is 6.61. The number of fused-ring (bicyclic) bond motifs is 1. The number of hydrogen-bond acceptors (Lipinski definition) is 5. The Kier molecular flexibility index (Phi) is 4.58. The first-order valence-electron chi connectivity index (χ1n) is 11.1. The highest BCUT2D eigenvalue weighted by atomic mass is 16.6. The molecule has 0 radical (unpaired) electrons. The molecule has 2 unspecified atom stereocenters. The van der Waals surface area contributed by atoms with Crippen LogP contribution in [0.2, 0.25) is 0 Å². The Balaban J connectivity index is 1.19. The van der Waals surface area contributed by atoms with Crippen LogP contribution in [0.3, 0.4) is 0 Å². The summed E-state index contributed by atoms with van der Waals surface area (Å²) in [5.41, 5.74) is 5.53. The quantitative estimate of drug-likeness (QED) is 0.482. The van der Waals surface area contributed by atoms with Crippen molar-refractivity contribution in [1.82, 2.24) is 29.7 Å². The second-order valence-corrected chi connectivity index (χ2v) is 8.59.